The quantitative estimate of drug-likeness (QED) is 0.206. The number of hydrogen-bond acceptors (Lipinski definition) is 7. The number of thiocarbonyl (C=S) groups is 1. The van der Waals surface area contributed by atoms with Crippen molar-refractivity contribution in [3.63, 3.8) is 0 Å². The smallest absolute Gasteiger partial charge is 0.305 e. The largest absolute Gasteiger partial charge is 0.466 e. The van der Waals surface area contributed by atoms with Gasteiger partial charge in [-0.05, 0) is 43.0 Å². The number of ether oxygens (including phenoxy) is 3. The SMILES string of the molecule is CCCCCOC(=O)CCCCCN1C(=O)C(=Cc2ccc3c(c2)OCO3)SC1=S. The normalized spacial score (nSPS) is 16.6. The van der Waals surface area contributed by atoms with Gasteiger partial charge in [-0.15, -0.1) is 0 Å². The molecule has 2 aliphatic rings. The standard InChI is InChI=1S/C22H27NO5S2/c1-2-3-7-12-26-20(24)8-5-4-6-11-23-21(25)19(30-22(23)29)14-16-9-10-17-18(13-16)28-15-27-17/h9-10,13-14H,2-8,11-12,15H2,1H3. The second-order valence-corrected chi connectivity index (χ2v) is 8.86. The van der Waals surface area contributed by atoms with Gasteiger partial charge in [0.2, 0.25) is 6.79 Å². The van der Waals surface area contributed by atoms with Gasteiger partial charge in [-0.25, -0.2) is 0 Å². The average molecular weight is 450 g/mol. The molecule has 0 bridgehead atoms. The third kappa shape index (κ3) is 6.22. The average Bonchev–Trinajstić information content (AvgIpc) is 3.30. The lowest BCUT2D eigenvalue weighted by molar-refractivity contribution is -0.144. The Balaban J connectivity index is 1.40. The summed E-state index contributed by atoms with van der Waals surface area (Å²) in [6, 6.07) is 5.58. The molecule has 2 aliphatic heterocycles. The van der Waals surface area contributed by atoms with Gasteiger partial charge in [0.05, 0.1) is 11.5 Å². The summed E-state index contributed by atoms with van der Waals surface area (Å²) in [5, 5.41) is 0. The molecular weight excluding hydrogens is 422 g/mol. The van der Waals surface area contributed by atoms with Crippen molar-refractivity contribution in [1.82, 2.24) is 4.90 Å². The highest BCUT2D eigenvalue weighted by Gasteiger charge is 2.31. The Morgan fingerprint density at radius 2 is 2.03 bits per heavy atom. The summed E-state index contributed by atoms with van der Waals surface area (Å²) in [5.74, 6) is 1.19. The second kappa shape index (κ2) is 11.4. The van der Waals surface area contributed by atoms with Gasteiger partial charge in [0.1, 0.15) is 4.32 Å². The van der Waals surface area contributed by atoms with Crippen molar-refractivity contribution < 1.29 is 23.8 Å². The predicted octanol–water partition coefficient (Wildman–Crippen LogP) is 4.91. The number of unbranched alkanes of at least 4 members (excludes halogenated alkanes) is 4. The molecule has 0 saturated carbocycles. The summed E-state index contributed by atoms with van der Waals surface area (Å²) in [6.07, 6.45) is 7.78. The summed E-state index contributed by atoms with van der Waals surface area (Å²) in [7, 11) is 0. The fraction of sp³-hybridized carbons (Fsp3) is 0.500. The van der Waals surface area contributed by atoms with Gasteiger partial charge in [-0.3, -0.25) is 14.5 Å². The van der Waals surface area contributed by atoms with E-state index in [-0.39, 0.29) is 18.7 Å². The summed E-state index contributed by atoms with van der Waals surface area (Å²) in [4.78, 5) is 26.6. The highest BCUT2D eigenvalue weighted by molar-refractivity contribution is 8.26. The molecule has 1 saturated heterocycles. The van der Waals surface area contributed by atoms with E-state index in [4.69, 9.17) is 26.4 Å². The molecule has 30 heavy (non-hydrogen) atoms. The Morgan fingerprint density at radius 1 is 1.20 bits per heavy atom. The second-order valence-electron chi connectivity index (χ2n) is 7.18. The van der Waals surface area contributed by atoms with E-state index in [1.165, 1.54) is 11.8 Å². The summed E-state index contributed by atoms with van der Waals surface area (Å²) < 4.78 is 16.5. The number of thioether (sulfide) groups is 1. The number of carbonyl (C=O) groups is 2. The van der Waals surface area contributed by atoms with Crippen LogP contribution >= 0.6 is 24.0 Å². The van der Waals surface area contributed by atoms with E-state index in [9.17, 15) is 9.59 Å². The number of amides is 1. The molecule has 0 spiro atoms. The number of nitrogens with zero attached hydrogens (tertiary/aromatic N) is 1. The van der Waals surface area contributed by atoms with Gasteiger partial charge in [0.15, 0.2) is 11.5 Å². The molecule has 0 aliphatic carbocycles. The Morgan fingerprint density at radius 3 is 2.87 bits per heavy atom. The number of hydrogen-bond donors (Lipinski definition) is 0. The van der Waals surface area contributed by atoms with Gasteiger partial charge >= 0.3 is 5.97 Å². The maximum absolute atomic E-state index is 12.7. The van der Waals surface area contributed by atoms with Gasteiger partial charge in [0.25, 0.3) is 5.91 Å². The number of benzene rings is 1. The first kappa shape index (κ1) is 22.6. The molecule has 6 nitrogen and oxygen atoms in total. The van der Waals surface area contributed by atoms with Crippen molar-refractivity contribution in [2.24, 2.45) is 0 Å². The van der Waals surface area contributed by atoms with Crippen LogP contribution in [0.25, 0.3) is 6.08 Å². The zero-order chi connectivity index (χ0) is 21.3. The lowest BCUT2D eigenvalue weighted by atomic mass is 10.1. The number of rotatable bonds is 11. The monoisotopic (exact) mass is 449 g/mol. The minimum atomic E-state index is -0.136. The van der Waals surface area contributed by atoms with Crippen LogP contribution in [0.1, 0.15) is 57.4 Å². The van der Waals surface area contributed by atoms with Crippen LogP contribution in [-0.4, -0.2) is 41.0 Å². The lowest BCUT2D eigenvalue weighted by Gasteiger charge is -2.14. The molecule has 162 valence electrons. The predicted molar refractivity (Wildman–Crippen MR) is 121 cm³/mol. The van der Waals surface area contributed by atoms with Crippen LogP contribution in [0.15, 0.2) is 23.1 Å². The molecular formula is C22H27NO5S2. The van der Waals surface area contributed by atoms with E-state index >= 15 is 0 Å². The number of carbonyl (C=O) groups excluding carboxylic acids is 2. The molecule has 0 radical (unpaired) electrons. The fourth-order valence-electron chi connectivity index (χ4n) is 3.17. The van der Waals surface area contributed by atoms with Gasteiger partial charge in [0, 0.05) is 13.0 Å². The van der Waals surface area contributed by atoms with E-state index in [1.807, 2.05) is 24.3 Å². The highest BCUT2D eigenvalue weighted by Crippen LogP contribution is 2.36. The fourth-order valence-corrected chi connectivity index (χ4v) is 4.48. The molecule has 8 heteroatoms. The van der Waals surface area contributed by atoms with Crippen LogP contribution in [0.2, 0.25) is 0 Å². The number of fused-ring (bicyclic) bond motifs is 1. The third-order valence-corrected chi connectivity index (χ3v) is 6.22. The molecule has 1 fully saturated rings. The maximum Gasteiger partial charge on any atom is 0.305 e. The van der Waals surface area contributed by atoms with Crippen molar-refractivity contribution >= 4 is 46.3 Å². The third-order valence-electron chi connectivity index (χ3n) is 4.84. The van der Waals surface area contributed by atoms with Crippen molar-refractivity contribution in [3.05, 3.63) is 28.7 Å². The summed E-state index contributed by atoms with van der Waals surface area (Å²) >= 11 is 6.70. The Kier molecular flexibility index (Phi) is 8.57. The zero-order valence-electron chi connectivity index (χ0n) is 17.2. The Labute approximate surface area is 186 Å². The molecule has 1 aromatic rings. The van der Waals surface area contributed by atoms with E-state index in [1.54, 1.807) is 4.90 Å². The minimum Gasteiger partial charge on any atom is -0.466 e. The van der Waals surface area contributed by atoms with Crippen LogP contribution in [-0.2, 0) is 14.3 Å². The zero-order valence-corrected chi connectivity index (χ0v) is 18.8. The molecule has 1 aromatic carbocycles. The molecule has 0 unspecified atom stereocenters. The van der Waals surface area contributed by atoms with E-state index in [2.05, 4.69) is 6.92 Å². The molecule has 0 atom stereocenters. The van der Waals surface area contributed by atoms with Crippen molar-refractivity contribution in [3.8, 4) is 11.5 Å². The maximum atomic E-state index is 12.7. The minimum absolute atomic E-state index is 0.0713. The molecule has 3 rings (SSSR count). The first-order chi connectivity index (χ1) is 14.6. The Bertz CT molecular complexity index is 824. The lowest BCUT2D eigenvalue weighted by Crippen LogP contribution is -2.29. The number of esters is 1. The molecule has 0 N–H and O–H groups in total. The first-order valence-corrected chi connectivity index (χ1v) is 11.6. The van der Waals surface area contributed by atoms with Crippen LogP contribution in [0.5, 0.6) is 11.5 Å². The van der Waals surface area contributed by atoms with Crippen molar-refractivity contribution in [2.75, 3.05) is 19.9 Å². The van der Waals surface area contributed by atoms with E-state index in [0.29, 0.717) is 40.3 Å². The van der Waals surface area contributed by atoms with Crippen LogP contribution in [0, 0.1) is 0 Å². The van der Waals surface area contributed by atoms with E-state index < -0.39 is 0 Å². The van der Waals surface area contributed by atoms with Crippen molar-refractivity contribution in [2.45, 2.75) is 51.9 Å². The first-order valence-electron chi connectivity index (χ1n) is 10.4. The van der Waals surface area contributed by atoms with Gasteiger partial charge in [-0.2, -0.15) is 0 Å². The van der Waals surface area contributed by atoms with Gasteiger partial charge in [-0.1, -0.05) is 56.2 Å². The van der Waals surface area contributed by atoms with Crippen LogP contribution in [0.3, 0.4) is 0 Å². The summed E-state index contributed by atoms with van der Waals surface area (Å²) in [5.41, 5.74) is 0.872. The van der Waals surface area contributed by atoms with Crippen molar-refractivity contribution in [1.29, 1.82) is 0 Å². The Hall–Kier alpha value is -2.06. The molecule has 0 aromatic heterocycles. The summed E-state index contributed by atoms with van der Waals surface area (Å²) in [6.45, 7) is 3.42. The molecule has 2 heterocycles. The highest BCUT2D eigenvalue weighted by atomic mass is 32.2. The van der Waals surface area contributed by atoms with Crippen LogP contribution in [0.4, 0.5) is 0 Å². The molecule has 1 amide bonds. The van der Waals surface area contributed by atoms with Crippen LogP contribution < -0.4 is 9.47 Å². The van der Waals surface area contributed by atoms with Gasteiger partial charge < -0.3 is 14.2 Å². The topological polar surface area (TPSA) is 65.1 Å². The van der Waals surface area contributed by atoms with E-state index in [0.717, 1.165) is 44.1 Å².